The normalized spacial score (nSPS) is 10.7. The van der Waals surface area contributed by atoms with Gasteiger partial charge in [0.15, 0.2) is 23.1 Å². The molecule has 0 amide bonds. The van der Waals surface area contributed by atoms with E-state index >= 15 is 0 Å². The summed E-state index contributed by atoms with van der Waals surface area (Å²) in [5.74, 6) is 3.86. The van der Waals surface area contributed by atoms with Crippen molar-refractivity contribution in [3.8, 4) is 23.1 Å². The number of furan rings is 1. The van der Waals surface area contributed by atoms with Crippen molar-refractivity contribution in [2.75, 3.05) is 14.2 Å². The molecule has 0 unspecified atom stereocenters. The van der Waals surface area contributed by atoms with Crippen LogP contribution in [0.1, 0.15) is 11.3 Å². The highest BCUT2D eigenvalue weighted by Gasteiger charge is 2.14. The van der Waals surface area contributed by atoms with E-state index in [1.54, 1.807) is 20.4 Å². The Bertz CT molecular complexity index is 774. The number of rotatable bonds is 5. The fourth-order valence-corrected chi connectivity index (χ4v) is 2.48. The Morgan fingerprint density at radius 3 is 2.68 bits per heavy atom. The Kier molecular flexibility index (Phi) is 3.87. The van der Waals surface area contributed by atoms with Crippen LogP contribution in [-0.4, -0.2) is 23.8 Å². The predicted molar refractivity (Wildman–Crippen MR) is 83.3 cm³/mol. The quantitative estimate of drug-likeness (QED) is 0.723. The summed E-state index contributed by atoms with van der Waals surface area (Å²) in [6, 6.07) is 9.70. The lowest BCUT2D eigenvalue weighted by Gasteiger charge is -2.13. The first-order chi connectivity index (χ1) is 10.7. The molecular formula is C17H18N2O3. The summed E-state index contributed by atoms with van der Waals surface area (Å²) in [4.78, 5) is 4.39. The lowest BCUT2D eigenvalue weighted by Crippen LogP contribution is -2.03. The first-order valence-corrected chi connectivity index (χ1v) is 7.00. The number of hydrogen-bond donors (Lipinski definition) is 0. The zero-order chi connectivity index (χ0) is 15.5. The molecule has 22 heavy (non-hydrogen) atoms. The Labute approximate surface area is 129 Å². The topological polar surface area (TPSA) is 49.4 Å². The minimum Gasteiger partial charge on any atom is -0.493 e. The van der Waals surface area contributed by atoms with Crippen molar-refractivity contribution < 1.29 is 13.9 Å². The van der Waals surface area contributed by atoms with Gasteiger partial charge >= 0.3 is 0 Å². The Balaban J connectivity index is 1.97. The molecule has 0 aliphatic carbocycles. The monoisotopic (exact) mass is 298 g/mol. The van der Waals surface area contributed by atoms with Crippen LogP contribution in [0.4, 0.5) is 0 Å². The second kappa shape index (κ2) is 5.97. The summed E-state index contributed by atoms with van der Waals surface area (Å²) in [5, 5.41) is 0. The molecule has 0 atom stereocenters. The molecule has 114 valence electrons. The number of aryl methyl sites for hydroxylation is 1. The van der Waals surface area contributed by atoms with Crippen LogP contribution < -0.4 is 9.47 Å². The first kappa shape index (κ1) is 14.3. The van der Waals surface area contributed by atoms with Gasteiger partial charge in [0.2, 0.25) is 0 Å². The highest BCUT2D eigenvalue weighted by Crippen LogP contribution is 2.32. The molecule has 5 nitrogen and oxygen atoms in total. The molecule has 0 N–H and O–H groups in total. The summed E-state index contributed by atoms with van der Waals surface area (Å²) >= 11 is 0. The molecule has 0 aliphatic heterocycles. The van der Waals surface area contributed by atoms with E-state index < -0.39 is 0 Å². The van der Waals surface area contributed by atoms with Crippen LogP contribution in [0.15, 0.2) is 47.1 Å². The zero-order valence-electron chi connectivity index (χ0n) is 12.9. The van der Waals surface area contributed by atoms with Gasteiger partial charge in [0.05, 0.1) is 20.8 Å². The third-order valence-corrected chi connectivity index (χ3v) is 3.50. The Morgan fingerprint density at radius 2 is 2.00 bits per heavy atom. The number of nitrogens with zero attached hydrogens (tertiary/aromatic N) is 2. The van der Waals surface area contributed by atoms with Gasteiger partial charge in [-0.1, -0.05) is 12.1 Å². The second-order valence-electron chi connectivity index (χ2n) is 4.94. The van der Waals surface area contributed by atoms with Gasteiger partial charge in [-0.2, -0.15) is 0 Å². The van der Waals surface area contributed by atoms with Crippen molar-refractivity contribution in [3.63, 3.8) is 0 Å². The number of imidazole rings is 1. The van der Waals surface area contributed by atoms with Crippen molar-refractivity contribution in [1.82, 2.24) is 9.55 Å². The molecule has 3 rings (SSSR count). The zero-order valence-corrected chi connectivity index (χ0v) is 12.9. The van der Waals surface area contributed by atoms with Crippen LogP contribution in [0.2, 0.25) is 0 Å². The van der Waals surface area contributed by atoms with E-state index in [9.17, 15) is 0 Å². The van der Waals surface area contributed by atoms with Crippen LogP contribution in [0.5, 0.6) is 11.5 Å². The van der Waals surface area contributed by atoms with Crippen molar-refractivity contribution in [3.05, 3.63) is 54.0 Å². The number of para-hydroxylation sites is 1. The summed E-state index contributed by atoms with van der Waals surface area (Å²) in [6.45, 7) is 2.54. The average Bonchev–Trinajstić information content (AvgIpc) is 3.15. The molecule has 1 aromatic carbocycles. The van der Waals surface area contributed by atoms with E-state index in [0.717, 1.165) is 34.4 Å². The minimum absolute atomic E-state index is 0.620. The molecule has 0 aliphatic rings. The van der Waals surface area contributed by atoms with Crippen molar-refractivity contribution >= 4 is 0 Å². The largest absolute Gasteiger partial charge is 0.493 e. The molecule has 0 radical (unpaired) electrons. The standard InChI is InChI=1S/C17H18N2O3/c1-12-7-8-15(22-12)17-18-9-10-19(17)11-13-5-4-6-14(20-2)16(13)21-3/h4-10H,11H2,1-3H3. The molecular weight excluding hydrogens is 280 g/mol. The fraction of sp³-hybridized carbons (Fsp3) is 0.235. The van der Waals surface area contributed by atoms with Gasteiger partial charge in [0.1, 0.15) is 5.76 Å². The van der Waals surface area contributed by atoms with Gasteiger partial charge < -0.3 is 18.5 Å². The van der Waals surface area contributed by atoms with Crippen LogP contribution in [0.3, 0.4) is 0 Å². The molecule has 0 bridgehead atoms. The van der Waals surface area contributed by atoms with E-state index in [2.05, 4.69) is 4.98 Å². The summed E-state index contributed by atoms with van der Waals surface area (Å²) in [6.07, 6.45) is 3.69. The molecule has 3 aromatic rings. The maximum absolute atomic E-state index is 5.67. The number of hydrogen-bond acceptors (Lipinski definition) is 4. The minimum atomic E-state index is 0.620. The van der Waals surface area contributed by atoms with Gasteiger partial charge in [-0.25, -0.2) is 4.98 Å². The van der Waals surface area contributed by atoms with E-state index in [1.165, 1.54) is 0 Å². The van der Waals surface area contributed by atoms with Gasteiger partial charge in [-0.15, -0.1) is 0 Å². The molecule has 0 saturated carbocycles. The van der Waals surface area contributed by atoms with E-state index in [4.69, 9.17) is 13.9 Å². The SMILES string of the molecule is COc1cccc(Cn2ccnc2-c2ccc(C)o2)c1OC. The summed E-state index contributed by atoms with van der Waals surface area (Å²) < 4.78 is 18.5. The van der Waals surface area contributed by atoms with Crippen LogP contribution in [0.25, 0.3) is 11.6 Å². The highest BCUT2D eigenvalue weighted by molar-refractivity contribution is 5.50. The van der Waals surface area contributed by atoms with Gasteiger partial charge in [0, 0.05) is 18.0 Å². The number of ether oxygens (including phenoxy) is 2. The molecule has 0 saturated heterocycles. The van der Waals surface area contributed by atoms with E-state index in [0.29, 0.717) is 6.54 Å². The summed E-state index contributed by atoms with van der Waals surface area (Å²) in [5.41, 5.74) is 1.02. The van der Waals surface area contributed by atoms with Crippen LogP contribution in [0, 0.1) is 6.92 Å². The predicted octanol–water partition coefficient (Wildman–Crippen LogP) is 3.52. The van der Waals surface area contributed by atoms with Gasteiger partial charge in [-0.3, -0.25) is 0 Å². The maximum Gasteiger partial charge on any atom is 0.176 e. The lowest BCUT2D eigenvalue weighted by atomic mass is 10.2. The summed E-state index contributed by atoms with van der Waals surface area (Å²) in [7, 11) is 3.28. The molecule has 5 heteroatoms. The number of methoxy groups -OCH3 is 2. The third-order valence-electron chi connectivity index (χ3n) is 3.50. The number of benzene rings is 1. The van der Waals surface area contributed by atoms with Crippen LogP contribution >= 0.6 is 0 Å². The van der Waals surface area contributed by atoms with E-state index in [-0.39, 0.29) is 0 Å². The molecule has 0 spiro atoms. The second-order valence-corrected chi connectivity index (χ2v) is 4.94. The Hall–Kier alpha value is -2.69. The lowest BCUT2D eigenvalue weighted by molar-refractivity contribution is 0.351. The Morgan fingerprint density at radius 1 is 1.14 bits per heavy atom. The van der Waals surface area contributed by atoms with Crippen molar-refractivity contribution in [2.45, 2.75) is 13.5 Å². The smallest absolute Gasteiger partial charge is 0.176 e. The molecule has 2 heterocycles. The highest BCUT2D eigenvalue weighted by atomic mass is 16.5. The van der Waals surface area contributed by atoms with Gasteiger partial charge in [-0.05, 0) is 25.1 Å². The average molecular weight is 298 g/mol. The maximum atomic E-state index is 5.67. The third kappa shape index (κ3) is 2.57. The number of aromatic nitrogens is 2. The molecule has 2 aromatic heterocycles. The van der Waals surface area contributed by atoms with Crippen LogP contribution in [-0.2, 0) is 6.54 Å². The molecule has 0 fully saturated rings. The van der Waals surface area contributed by atoms with Crippen molar-refractivity contribution in [1.29, 1.82) is 0 Å². The van der Waals surface area contributed by atoms with Gasteiger partial charge in [0.25, 0.3) is 0 Å². The first-order valence-electron chi connectivity index (χ1n) is 7.00. The van der Waals surface area contributed by atoms with E-state index in [1.807, 2.05) is 48.0 Å². The van der Waals surface area contributed by atoms with Crippen molar-refractivity contribution in [2.24, 2.45) is 0 Å². The fourth-order valence-electron chi connectivity index (χ4n) is 2.48.